The van der Waals surface area contributed by atoms with E-state index in [9.17, 15) is 19.5 Å². The van der Waals surface area contributed by atoms with E-state index < -0.39 is 6.04 Å². The van der Waals surface area contributed by atoms with Crippen molar-refractivity contribution in [3.63, 3.8) is 0 Å². The molecule has 0 spiro atoms. The van der Waals surface area contributed by atoms with Crippen LogP contribution in [0.1, 0.15) is 37.3 Å². The minimum Gasteiger partial charge on any atom is -0.506 e. The predicted octanol–water partition coefficient (Wildman–Crippen LogP) is 3.41. The Bertz CT molecular complexity index is 1530. The molecule has 3 aromatic rings. The number of carbonyl (C=O) groups excluding carboxylic acids is 2. The zero-order chi connectivity index (χ0) is 30.8. The Balaban J connectivity index is 1.13. The zero-order valence-corrected chi connectivity index (χ0v) is 27.8. The molecule has 4 heterocycles. The number of para-hydroxylation sites is 2. The SMILES string of the molecule is O=C(N[C@H](Cc1cc(Br)c(O)c(Br)c1)C(=O)N1CCN(C2CCNCC2)CC1)N1CCC(n2c(=O)[nH]c3ccccc32)CC1. The van der Waals surface area contributed by atoms with E-state index in [1.165, 1.54) is 0 Å². The van der Waals surface area contributed by atoms with Gasteiger partial charge in [-0.05, 0) is 100 Å². The summed E-state index contributed by atoms with van der Waals surface area (Å²) in [4.78, 5) is 49.3. The minimum atomic E-state index is -0.759. The van der Waals surface area contributed by atoms with Gasteiger partial charge in [0, 0.05) is 57.8 Å². The molecule has 0 saturated carbocycles. The number of carbonyl (C=O) groups is 2. The first-order chi connectivity index (χ1) is 21.3. The molecule has 2 aromatic carbocycles. The maximum atomic E-state index is 14.0. The quantitative estimate of drug-likeness (QED) is 0.308. The number of rotatable bonds is 6. The number of halogens is 2. The van der Waals surface area contributed by atoms with Gasteiger partial charge in [0.2, 0.25) is 5.91 Å². The van der Waals surface area contributed by atoms with Crippen molar-refractivity contribution in [1.29, 1.82) is 0 Å². The summed E-state index contributed by atoms with van der Waals surface area (Å²) in [5.41, 5.74) is 2.36. The summed E-state index contributed by atoms with van der Waals surface area (Å²) < 4.78 is 2.84. The molecule has 3 saturated heterocycles. The van der Waals surface area contributed by atoms with Crippen LogP contribution in [0.15, 0.2) is 50.1 Å². The molecule has 13 heteroatoms. The summed E-state index contributed by atoms with van der Waals surface area (Å²) in [6.07, 6.45) is 3.83. The highest BCUT2D eigenvalue weighted by Gasteiger charge is 2.33. The Kier molecular flexibility index (Phi) is 9.65. The maximum absolute atomic E-state index is 14.0. The molecule has 1 aromatic heterocycles. The summed E-state index contributed by atoms with van der Waals surface area (Å²) in [7, 11) is 0. The van der Waals surface area contributed by atoms with Gasteiger partial charge in [0.05, 0.1) is 20.0 Å². The molecular weight excluding hydrogens is 694 g/mol. The Morgan fingerprint density at radius 1 is 0.909 bits per heavy atom. The third-order valence-corrected chi connectivity index (χ3v) is 10.5. The van der Waals surface area contributed by atoms with Crippen LogP contribution in [0.2, 0.25) is 0 Å². The van der Waals surface area contributed by atoms with Gasteiger partial charge < -0.3 is 30.5 Å². The van der Waals surface area contributed by atoms with Crippen molar-refractivity contribution in [3.05, 3.63) is 61.4 Å². The van der Waals surface area contributed by atoms with E-state index in [-0.39, 0.29) is 35.8 Å². The molecule has 0 radical (unpaired) electrons. The number of H-pyrrole nitrogens is 1. The molecule has 236 valence electrons. The number of piperazine rings is 1. The van der Waals surface area contributed by atoms with Crippen LogP contribution in [-0.4, -0.2) is 106 Å². The number of amides is 3. The standard InChI is InChI=1S/C31H39Br2N7O4/c32-23-17-20(18-24(33)28(23)41)19-26(29(42)38-15-13-37(14-16-38)21-5-9-34-10-6-21)36-30(43)39-11-7-22(8-12-39)40-27-4-2-1-3-25(27)35-31(40)44/h1-4,17-18,21-22,26,34,41H,5-16,19H2,(H,35,44)(H,36,43)/t26-/m1/s1. The van der Waals surface area contributed by atoms with Gasteiger partial charge in [0.25, 0.3) is 0 Å². The maximum Gasteiger partial charge on any atom is 0.326 e. The molecule has 11 nitrogen and oxygen atoms in total. The minimum absolute atomic E-state index is 0.0110. The molecule has 3 aliphatic rings. The second-order valence-corrected chi connectivity index (χ2v) is 13.7. The van der Waals surface area contributed by atoms with Crippen molar-refractivity contribution in [2.75, 3.05) is 52.4 Å². The van der Waals surface area contributed by atoms with E-state index in [1.807, 2.05) is 29.2 Å². The Morgan fingerprint density at radius 3 is 2.25 bits per heavy atom. The Hall–Kier alpha value is -2.87. The Morgan fingerprint density at radius 2 is 1.57 bits per heavy atom. The van der Waals surface area contributed by atoms with Crippen molar-refractivity contribution in [2.24, 2.45) is 0 Å². The number of benzene rings is 2. The summed E-state index contributed by atoms with van der Waals surface area (Å²) >= 11 is 6.79. The third kappa shape index (κ3) is 6.70. The van der Waals surface area contributed by atoms with E-state index in [0.717, 1.165) is 55.6 Å². The molecule has 4 N–H and O–H groups in total. The lowest BCUT2D eigenvalue weighted by molar-refractivity contribution is -0.135. The lowest BCUT2D eigenvalue weighted by Gasteiger charge is -2.42. The van der Waals surface area contributed by atoms with E-state index in [0.29, 0.717) is 54.0 Å². The molecule has 3 fully saturated rings. The first-order valence-corrected chi connectivity index (χ1v) is 17.0. The third-order valence-electron chi connectivity index (χ3n) is 9.30. The number of phenols is 1. The molecule has 6 rings (SSSR count). The first-order valence-electron chi connectivity index (χ1n) is 15.4. The highest BCUT2D eigenvalue weighted by Crippen LogP contribution is 2.34. The second-order valence-electron chi connectivity index (χ2n) is 12.0. The van der Waals surface area contributed by atoms with Gasteiger partial charge in [0.15, 0.2) is 0 Å². The molecule has 0 bridgehead atoms. The molecule has 3 aliphatic heterocycles. The number of aromatic hydroxyl groups is 1. The Labute approximate surface area is 273 Å². The smallest absolute Gasteiger partial charge is 0.326 e. The van der Waals surface area contributed by atoms with Gasteiger partial charge in [-0.15, -0.1) is 0 Å². The molecule has 3 amide bonds. The summed E-state index contributed by atoms with van der Waals surface area (Å²) in [5, 5.41) is 16.7. The van der Waals surface area contributed by atoms with Crippen LogP contribution in [0.5, 0.6) is 5.75 Å². The summed E-state index contributed by atoms with van der Waals surface area (Å²) in [6, 6.07) is 10.7. The normalized spacial score (nSPS) is 19.8. The van der Waals surface area contributed by atoms with E-state index in [1.54, 1.807) is 21.6 Å². The number of imidazole rings is 1. The number of urea groups is 1. The molecule has 0 aliphatic carbocycles. The summed E-state index contributed by atoms with van der Waals surface area (Å²) in [6.45, 7) is 5.94. The number of aromatic amines is 1. The van der Waals surface area contributed by atoms with Crippen molar-refractivity contribution < 1.29 is 14.7 Å². The lowest BCUT2D eigenvalue weighted by Crippen LogP contribution is -2.59. The number of phenolic OH excluding ortho intramolecular Hbond substituents is 1. The molecule has 44 heavy (non-hydrogen) atoms. The number of piperidine rings is 2. The topological polar surface area (TPSA) is 126 Å². The van der Waals surface area contributed by atoms with E-state index in [2.05, 4.69) is 52.4 Å². The number of fused-ring (bicyclic) bond motifs is 1. The van der Waals surface area contributed by atoms with Crippen LogP contribution in [0.3, 0.4) is 0 Å². The molecule has 0 unspecified atom stereocenters. The fourth-order valence-electron chi connectivity index (χ4n) is 6.88. The fourth-order valence-corrected chi connectivity index (χ4v) is 8.16. The number of aromatic nitrogens is 2. The highest BCUT2D eigenvalue weighted by atomic mass is 79.9. The van der Waals surface area contributed by atoms with Crippen LogP contribution < -0.4 is 16.3 Å². The first kappa shape index (κ1) is 31.1. The fraction of sp³-hybridized carbons (Fsp3) is 0.516. The van der Waals surface area contributed by atoms with E-state index >= 15 is 0 Å². The lowest BCUT2D eigenvalue weighted by atomic mass is 10.0. The van der Waals surface area contributed by atoms with Gasteiger partial charge in [-0.25, -0.2) is 9.59 Å². The largest absolute Gasteiger partial charge is 0.506 e. The van der Waals surface area contributed by atoms with E-state index in [4.69, 9.17) is 0 Å². The monoisotopic (exact) mass is 731 g/mol. The molecular formula is C31H39Br2N7O4. The second kappa shape index (κ2) is 13.6. The van der Waals surface area contributed by atoms with Gasteiger partial charge in [-0.1, -0.05) is 12.1 Å². The highest BCUT2D eigenvalue weighted by molar-refractivity contribution is 9.11. The predicted molar refractivity (Wildman–Crippen MR) is 176 cm³/mol. The number of likely N-dealkylation sites (tertiary alicyclic amines) is 1. The van der Waals surface area contributed by atoms with Gasteiger partial charge >= 0.3 is 11.7 Å². The van der Waals surface area contributed by atoms with Crippen molar-refractivity contribution in [3.8, 4) is 5.75 Å². The molecule has 1 atom stereocenters. The van der Waals surface area contributed by atoms with Crippen LogP contribution >= 0.6 is 31.9 Å². The number of hydrogen-bond donors (Lipinski definition) is 4. The van der Waals surface area contributed by atoms with Gasteiger partial charge in [-0.3, -0.25) is 14.3 Å². The van der Waals surface area contributed by atoms with Gasteiger partial charge in [0.1, 0.15) is 11.8 Å². The van der Waals surface area contributed by atoms with Crippen LogP contribution in [0.25, 0.3) is 11.0 Å². The number of nitrogens with one attached hydrogen (secondary N) is 3. The average Bonchev–Trinajstić information content (AvgIpc) is 3.39. The van der Waals surface area contributed by atoms with Crippen molar-refractivity contribution in [2.45, 2.75) is 50.2 Å². The van der Waals surface area contributed by atoms with Crippen molar-refractivity contribution in [1.82, 2.24) is 34.9 Å². The van der Waals surface area contributed by atoms with Gasteiger partial charge in [-0.2, -0.15) is 0 Å². The van der Waals surface area contributed by atoms with Crippen LogP contribution in [0, 0.1) is 0 Å². The zero-order valence-electron chi connectivity index (χ0n) is 24.6. The number of nitrogens with zero attached hydrogens (tertiary/aromatic N) is 4. The van der Waals surface area contributed by atoms with Crippen LogP contribution in [-0.2, 0) is 11.2 Å². The summed E-state index contributed by atoms with van der Waals surface area (Å²) in [5.74, 6) is -0.00395. The van der Waals surface area contributed by atoms with Crippen molar-refractivity contribution >= 4 is 54.8 Å². The average molecular weight is 734 g/mol. The number of hydrogen-bond acceptors (Lipinski definition) is 6. The van der Waals surface area contributed by atoms with Crippen LogP contribution in [0.4, 0.5) is 4.79 Å².